The number of hydrogen-bond donors (Lipinski definition) is 3. The molecule has 0 bridgehead atoms. The molecule has 19 heavy (non-hydrogen) atoms. The molecule has 5 nitrogen and oxygen atoms in total. The van der Waals surface area contributed by atoms with Crippen LogP contribution in [0.2, 0.25) is 0 Å². The van der Waals surface area contributed by atoms with Crippen LogP contribution in [0.1, 0.15) is 36.0 Å². The number of aliphatic carboxylic acids is 1. The van der Waals surface area contributed by atoms with Crippen molar-refractivity contribution in [3.8, 4) is 0 Å². The fourth-order valence-electron chi connectivity index (χ4n) is 2.35. The van der Waals surface area contributed by atoms with Gasteiger partial charge in [0.1, 0.15) is 0 Å². The number of carboxylic acid groups (broad SMARTS) is 1. The highest BCUT2D eigenvalue weighted by atomic mass is 79.9. The number of primary amides is 1. The molecule has 6 heteroatoms. The zero-order valence-corrected chi connectivity index (χ0v) is 11.9. The van der Waals surface area contributed by atoms with E-state index in [1.165, 1.54) is 0 Å². The second-order valence-corrected chi connectivity index (χ2v) is 5.80. The van der Waals surface area contributed by atoms with Crippen molar-refractivity contribution < 1.29 is 14.7 Å². The van der Waals surface area contributed by atoms with Crippen LogP contribution in [0.4, 0.5) is 5.69 Å². The summed E-state index contributed by atoms with van der Waals surface area (Å²) in [5, 5.41) is 12.2. The number of rotatable bonds is 5. The van der Waals surface area contributed by atoms with Crippen molar-refractivity contribution in [3.05, 3.63) is 28.2 Å². The average molecular weight is 327 g/mol. The molecule has 2 rings (SSSR count). The van der Waals surface area contributed by atoms with Gasteiger partial charge in [0.2, 0.25) is 0 Å². The van der Waals surface area contributed by atoms with Gasteiger partial charge in [-0.2, -0.15) is 0 Å². The number of halogens is 1. The third-order valence-electron chi connectivity index (χ3n) is 3.45. The number of carbonyl (C=O) groups excluding carboxylic acids is 1. The summed E-state index contributed by atoms with van der Waals surface area (Å²) in [6.45, 7) is 0. The predicted octanol–water partition coefficient (Wildman–Crippen LogP) is 2.36. The van der Waals surface area contributed by atoms with Crippen molar-refractivity contribution in [1.29, 1.82) is 0 Å². The van der Waals surface area contributed by atoms with Crippen LogP contribution in [0.5, 0.6) is 0 Å². The van der Waals surface area contributed by atoms with E-state index in [0.717, 1.165) is 23.7 Å². The van der Waals surface area contributed by atoms with Crippen LogP contribution >= 0.6 is 15.9 Å². The van der Waals surface area contributed by atoms with Crippen LogP contribution in [0.25, 0.3) is 0 Å². The van der Waals surface area contributed by atoms with Crippen molar-refractivity contribution in [2.24, 2.45) is 5.73 Å². The topological polar surface area (TPSA) is 92.4 Å². The van der Waals surface area contributed by atoms with E-state index in [0.29, 0.717) is 11.3 Å². The highest BCUT2D eigenvalue weighted by Crippen LogP contribution is 2.39. The fraction of sp³-hybridized carbons (Fsp3) is 0.385. The number of benzene rings is 1. The average Bonchev–Trinajstić information content (AvgIpc) is 2.27. The van der Waals surface area contributed by atoms with Crippen LogP contribution in [0.15, 0.2) is 22.7 Å². The van der Waals surface area contributed by atoms with Crippen LogP contribution < -0.4 is 11.1 Å². The smallest absolute Gasteiger partial charge is 0.305 e. The van der Waals surface area contributed by atoms with Crippen LogP contribution in [-0.4, -0.2) is 22.5 Å². The molecule has 1 aromatic carbocycles. The van der Waals surface area contributed by atoms with Crippen molar-refractivity contribution >= 4 is 33.5 Å². The van der Waals surface area contributed by atoms with Crippen LogP contribution in [0, 0.1) is 0 Å². The van der Waals surface area contributed by atoms with Gasteiger partial charge in [-0.25, -0.2) is 0 Å². The molecular formula is C13H15BrN2O3. The number of amides is 1. The van der Waals surface area contributed by atoms with Gasteiger partial charge in [-0.05, 0) is 37.5 Å². The molecule has 1 saturated carbocycles. The summed E-state index contributed by atoms with van der Waals surface area (Å²) in [6.07, 6.45) is 2.60. The molecule has 0 aliphatic heterocycles. The van der Waals surface area contributed by atoms with Crippen molar-refractivity contribution in [1.82, 2.24) is 0 Å². The Bertz CT molecular complexity index is 527. The first-order valence-corrected chi connectivity index (χ1v) is 6.80. The molecule has 0 aromatic heterocycles. The third-order valence-corrected chi connectivity index (χ3v) is 3.94. The summed E-state index contributed by atoms with van der Waals surface area (Å²) in [6, 6.07) is 5.17. The van der Waals surface area contributed by atoms with E-state index in [4.69, 9.17) is 10.8 Å². The summed E-state index contributed by atoms with van der Waals surface area (Å²) in [4.78, 5) is 22.4. The maximum atomic E-state index is 11.4. The van der Waals surface area contributed by atoms with Crippen molar-refractivity contribution in [2.75, 3.05) is 5.32 Å². The van der Waals surface area contributed by atoms with Gasteiger partial charge in [-0.3, -0.25) is 9.59 Å². The largest absolute Gasteiger partial charge is 0.481 e. The molecule has 0 unspecified atom stereocenters. The Kier molecular flexibility index (Phi) is 3.80. The molecule has 102 valence electrons. The Morgan fingerprint density at radius 2 is 2.11 bits per heavy atom. The third kappa shape index (κ3) is 3.07. The summed E-state index contributed by atoms with van der Waals surface area (Å²) >= 11 is 3.29. The lowest BCUT2D eigenvalue weighted by Gasteiger charge is -2.42. The lowest BCUT2D eigenvalue weighted by Crippen LogP contribution is -2.47. The Morgan fingerprint density at radius 1 is 1.42 bits per heavy atom. The van der Waals surface area contributed by atoms with E-state index in [2.05, 4.69) is 21.2 Å². The molecule has 0 spiro atoms. The minimum absolute atomic E-state index is 0.0429. The maximum absolute atomic E-state index is 11.4. The molecule has 0 atom stereocenters. The second kappa shape index (κ2) is 5.21. The normalized spacial score (nSPS) is 16.5. The second-order valence-electron chi connectivity index (χ2n) is 4.88. The summed E-state index contributed by atoms with van der Waals surface area (Å²) < 4.78 is 0.757. The standard InChI is InChI=1S/C13H15BrN2O3/c14-8-2-3-10(9(6-8)12(15)19)16-13(4-1-5-13)7-11(17)18/h2-3,6,16H,1,4-5,7H2,(H2,15,19)(H,17,18). The molecule has 1 amide bonds. The van der Waals surface area contributed by atoms with E-state index in [-0.39, 0.29) is 6.42 Å². The van der Waals surface area contributed by atoms with Gasteiger partial charge in [0, 0.05) is 15.7 Å². The Morgan fingerprint density at radius 3 is 2.58 bits per heavy atom. The Labute approximate surface area is 119 Å². The van der Waals surface area contributed by atoms with Gasteiger partial charge in [0.05, 0.1) is 12.0 Å². The Hall–Kier alpha value is -1.56. The number of nitrogens with two attached hydrogens (primary N) is 1. The van der Waals surface area contributed by atoms with E-state index in [1.54, 1.807) is 18.2 Å². The van der Waals surface area contributed by atoms with Gasteiger partial charge < -0.3 is 16.2 Å². The molecular weight excluding hydrogens is 312 g/mol. The van der Waals surface area contributed by atoms with Crippen molar-refractivity contribution in [3.63, 3.8) is 0 Å². The van der Waals surface area contributed by atoms with E-state index < -0.39 is 17.4 Å². The lowest BCUT2D eigenvalue weighted by molar-refractivity contribution is -0.138. The molecule has 1 aliphatic carbocycles. The van der Waals surface area contributed by atoms with E-state index >= 15 is 0 Å². The Balaban J connectivity index is 2.27. The van der Waals surface area contributed by atoms with Gasteiger partial charge in [0.15, 0.2) is 0 Å². The van der Waals surface area contributed by atoms with Crippen LogP contribution in [0.3, 0.4) is 0 Å². The first-order valence-electron chi connectivity index (χ1n) is 6.01. The quantitative estimate of drug-likeness (QED) is 0.774. The molecule has 1 aliphatic rings. The highest BCUT2D eigenvalue weighted by molar-refractivity contribution is 9.10. The zero-order chi connectivity index (χ0) is 14.0. The molecule has 1 aromatic rings. The van der Waals surface area contributed by atoms with Gasteiger partial charge in [-0.1, -0.05) is 15.9 Å². The molecule has 0 heterocycles. The highest BCUT2D eigenvalue weighted by Gasteiger charge is 2.39. The molecule has 1 fully saturated rings. The van der Waals surface area contributed by atoms with E-state index in [1.807, 2.05) is 0 Å². The number of nitrogens with one attached hydrogen (secondary N) is 1. The monoisotopic (exact) mass is 326 g/mol. The van der Waals surface area contributed by atoms with E-state index in [9.17, 15) is 9.59 Å². The number of carbonyl (C=O) groups is 2. The molecule has 4 N–H and O–H groups in total. The summed E-state index contributed by atoms with van der Waals surface area (Å²) in [7, 11) is 0. The zero-order valence-electron chi connectivity index (χ0n) is 10.3. The number of hydrogen-bond acceptors (Lipinski definition) is 3. The maximum Gasteiger partial charge on any atom is 0.305 e. The van der Waals surface area contributed by atoms with Gasteiger partial charge >= 0.3 is 5.97 Å². The first kappa shape index (κ1) is 13.9. The molecule has 0 saturated heterocycles. The minimum Gasteiger partial charge on any atom is -0.481 e. The van der Waals surface area contributed by atoms with Gasteiger partial charge in [0.25, 0.3) is 5.91 Å². The SMILES string of the molecule is NC(=O)c1cc(Br)ccc1NC1(CC(=O)O)CCC1. The van der Waals surface area contributed by atoms with Crippen molar-refractivity contribution in [2.45, 2.75) is 31.2 Å². The summed E-state index contributed by atoms with van der Waals surface area (Å²) in [5.74, 6) is -1.38. The summed E-state index contributed by atoms with van der Waals surface area (Å²) in [5.41, 5.74) is 5.85. The molecule has 0 radical (unpaired) electrons. The number of anilines is 1. The number of carboxylic acids is 1. The predicted molar refractivity (Wildman–Crippen MR) is 75.1 cm³/mol. The first-order chi connectivity index (χ1) is 8.92. The minimum atomic E-state index is -0.843. The van der Waals surface area contributed by atoms with Crippen LogP contribution in [-0.2, 0) is 4.79 Å². The fourth-order valence-corrected chi connectivity index (χ4v) is 2.72. The van der Waals surface area contributed by atoms with Gasteiger partial charge in [-0.15, -0.1) is 0 Å². The lowest BCUT2D eigenvalue weighted by atomic mass is 9.74.